The van der Waals surface area contributed by atoms with Gasteiger partial charge >= 0.3 is 5.97 Å². The van der Waals surface area contributed by atoms with Crippen LogP contribution in [0.2, 0.25) is 0 Å². The average molecular weight is 217 g/mol. The number of pyridine rings is 1. The summed E-state index contributed by atoms with van der Waals surface area (Å²) in [6, 6.07) is 7.60. The highest BCUT2D eigenvalue weighted by molar-refractivity contribution is 5.86. The summed E-state index contributed by atoms with van der Waals surface area (Å²) in [6.45, 7) is 0. The van der Waals surface area contributed by atoms with E-state index in [9.17, 15) is 9.18 Å². The summed E-state index contributed by atoms with van der Waals surface area (Å²) in [5.41, 5.74) is 1.16. The molecule has 0 aliphatic carbocycles. The summed E-state index contributed by atoms with van der Waals surface area (Å²) in [4.78, 5) is 14.5. The SMILES string of the molecule is O=C(O)C=Cc1ccc2cc(F)ccc2n1. The molecule has 0 aliphatic rings. The molecule has 0 fully saturated rings. The van der Waals surface area contributed by atoms with Crippen LogP contribution in [-0.2, 0) is 4.79 Å². The van der Waals surface area contributed by atoms with Crippen LogP contribution >= 0.6 is 0 Å². The molecule has 2 aromatic rings. The van der Waals surface area contributed by atoms with E-state index in [1.807, 2.05) is 0 Å². The number of carboxylic acid groups (broad SMARTS) is 1. The lowest BCUT2D eigenvalue weighted by atomic mass is 10.2. The lowest BCUT2D eigenvalue weighted by molar-refractivity contribution is -0.131. The molecule has 16 heavy (non-hydrogen) atoms. The van der Waals surface area contributed by atoms with Crippen LogP contribution < -0.4 is 0 Å². The smallest absolute Gasteiger partial charge is 0.328 e. The van der Waals surface area contributed by atoms with Crippen LogP contribution in [0.25, 0.3) is 17.0 Å². The Labute approximate surface area is 90.9 Å². The van der Waals surface area contributed by atoms with E-state index < -0.39 is 5.97 Å². The average Bonchev–Trinajstić information content (AvgIpc) is 2.26. The van der Waals surface area contributed by atoms with Crippen LogP contribution in [0.4, 0.5) is 4.39 Å². The van der Waals surface area contributed by atoms with Gasteiger partial charge in [-0.2, -0.15) is 0 Å². The van der Waals surface area contributed by atoms with Crippen LogP contribution in [0.5, 0.6) is 0 Å². The van der Waals surface area contributed by atoms with Crippen molar-refractivity contribution in [3.05, 3.63) is 47.9 Å². The van der Waals surface area contributed by atoms with E-state index >= 15 is 0 Å². The maximum Gasteiger partial charge on any atom is 0.328 e. The van der Waals surface area contributed by atoms with Gasteiger partial charge in [0.1, 0.15) is 5.82 Å². The summed E-state index contributed by atoms with van der Waals surface area (Å²) in [7, 11) is 0. The highest BCUT2D eigenvalue weighted by Gasteiger charge is 1.98. The minimum atomic E-state index is -1.03. The standard InChI is InChI=1S/C12H8FNO2/c13-9-2-5-11-8(7-9)1-3-10(14-11)4-6-12(15)16/h1-7H,(H,15,16). The number of hydrogen-bond donors (Lipinski definition) is 1. The fourth-order valence-electron chi connectivity index (χ4n) is 1.36. The highest BCUT2D eigenvalue weighted by Crippen LogP contribution is 2.14. The minimum absolute atomic E-state index is 0.317. The number of hydrogen-bond acceptors (Lipinski definition) is 2. The number of aromatic nitrogens is 1. The Kier molecular flexibility index (Phi) is 2.64. The van der Waals surface area contributed by atoms with Crippen molar-refractivity contribution in [3.63, 3.8) is 0 Å². The van der Waals surface area contributed by atoms with Gasteiger partial charge in [-0.3, -0.25) is 0 Å². The molecule has 0 saturated heterocycles. The molecule has 1 aromatic carbocycles. The van der Waals surface area contributed by atoms with Crippen molar-refractivity contribution in [1.29, 1.82) is 0 Å². The highest BCUT2D eigenvalue weighted by atomic mass is 19.1. The predicted molar refractivity (Wildman–Crippen MR) is 58.4 cm³/mol. The zero-order valence-corrected chi connectivity index (χ0v) is 8.22. The number of halogens is 1. The molecule has 0 atom stereocenters. The maximum atomic E-state index is 12.9. The normalized spacial score (nSPS) is 11.1. The zero-order chi connectivity index (χ0) is 11.5. The van der Waals surface area contributed by atoms with Crippen LogP contribution in [-0.4, -0.2) is 16.1 Å². The molecule has 0 bridgehead atoms. The van der Waals surface area contributed by atoms with E-state index in [0.717, 1.165) is 6.08 Å². The number of benzene rings is 1. The molecule has 1 N–H and O–H groups in total. The Hall–Kier alpha value is -2.23. The number of carboxylic acids is 1. The molecule has 1 heterocycles. The Morgan fingerprint density at radius 2 is 2.12 bits per heavy atom. The van der Waals surface area contributed by atoms with Gasteiger partial charge in [-0.15, -0.1) is 0 Å². The second-order valence-electron chi connectivity index (χ2n) is 3.24. The van der Waals surface area contributed by atoms with Crippen molar-refractivity contribution < 1.29 is 14.3 Å². The van der Waals surface area contributed by atoms with E-state index in [1.54, 1.807) is 18.2 Å². The second-order valence-corrected chi connectivity index (χ2v) is 3.24. The fraction of sp³-hybridized carbons (Fsp3) is 0. The van der Waals surface area contributed by atoms with Gasteiger partial charge in [0.15, 0.2) is 0 Å². The van der Waals surface area contributed by atoms with Gasteiger partial charge in [-0.25, -0.2) is 14.2 Å². The Bertz CT molecular complexity index is 578. The topological polar surface area (TPSA) is 50.2 Å². The van der Waals surface area contributed by atoms with E-state index in [4.69, 9.17) is 5.11 Å². The van der Waals surface area contributed by atoms with Gasteiger partial charge in [0.05, 0.1) is 11.2 Å². The summed E-state index contributed by atoms with van der Waals surface area (Å²) < 4.78 is 12.9. The third-order valence-corrected chi connectivity index (χ3v) is 2.07. The Morgan fingerprint density at radius 3 is 2.88 bits per heavy atom. The van der Waals surface area contributed by atoms with Gasteiger partial charge < -0.3 is 5.11 Å². The van der Waals surface area contributed by atoms with Gasteiger partial charge in [0.2, 0.25) is 0 Å². The molecule has 80 valence electrons. The maximum absolute atomic E-state index is 12.9. The number of nitrogens with zero attached hydrogens (tertiary/aromatic N) is 1. The molecule has 0 aliphatic heterocycles. The van der Waals surface area contributed by atoms with Crippen molar-refractivity contribution in [1.82, 2.24) is 4.98 Å². The fourth-order valence-corrected chi connectivity index (χ4v) is 1.36. The lowest BCUT2D eigenvalue weighted by Crippen LogP contribution is -1.88. The Morgan fingerprint density at radius 1 is 1.31 bits per heavy atom. The van der Waals surface area contributed by atoms with Crippen molar-refractivity contribution in [2.75, 3.05) is 0 Å². The summed E-state index contributed by atoms with van der Waals surface area (Å²) in [6.07, 6.45) is 2.41. The first-order valence-electron chi connectivity index (χ1n) is 4.62. The van der Waals surface area contributed by atoms with E-state index in [-0.39, 0.29) is 5.82 Å². The molecule has 4 heteroatoms. The molecule has 0 unspecified atom stereocenters. The monoisotopic (exact) mass is 217 g/mol. The first kappa shape index (κ1) is 10.3. The van der Waals surface area contributed by atoms with E-state index in [0.29, 0.717) is 16.6 Å². The zero-order valence-electron chi connectivity index (χ0n) is 8.22. The largest absolute Gasteiger partial charge is 0.478 e. The third kappa shape index (κ3) is 2.23. The molecule has 0 spiro atoms. The molecule has 3 nitrogen and oxygen atoms in total. The molecule has 0 saturated carbocycles. The van der Waals surface area contributed by atoms with Crippen molar-refractivity contribution in [2.24, 2.45) is 0 Å². The Balaban J connectivity index is 2.44. The molecule has 0 amide bonds. The summed E-state index contributed by atoms with van der Waals surface area (Å²) in [5, 5.41) is 9.15. The summed E-state index contributed by atoms with van der Waals surface area (Å²) in [5.74, 6) is -1.34. The van der Waals surface area contributed by atoms with Crippen LogP contribution in [0.3, 0.4) is 0 Å². The molecular formula is C12H8FNO2. The van der Waals surface area contributed by atoms with Crippen LogP contribution in [0.1, 0.15) is 5.69 Å². The predicted octanol–water partition coefficient (Wildman–Crippen LogP) is 2.47. The number of fused-ring (bicyclic) bond motifs is 1. The molecule has 1 aromatic heterocycles. The van der Waals surface area contributed by atoms with Crippen LogP contribution in [0, 0.1) is 5.82 Å². The molecule has 2 rings (SSSR count). The van der Waals surface area contributed by atoms with Crippen molar-refractivity contribution >= 4 is 22.9 Å². The van der Waals surface area contributed by atoms with Gasteiger partial charge in [0.25, 0.3) is 0 Å². The van der Waals surface area contributed by atoms with Crippen molar-refractivity contribution in [2.45, 2.75) is 0 Å². The van der Waals surface area contributed by atoms with Crippen LogP contribution in [0.15, 0.2) is 36.4 Å². The third-order valence-electron chi connectivity index (χ3n) is 2.07. The number of aliphatic carboxylic acids is 1. The molecular weight excluding hydrogens is 209 g/mol. The van der Waals surface area contributed by atoms with Gasteiger partial charge in [0, 0.05) is 11.5 Å². The lowest BCUT2D eigenvalue weighted by Gasteiger charge is -1.98. The molecule has 0 radical (unpaired) electrons. The van der Waals surface area contributed by atoms with Gasteiger partial charge in [-0.1, -0.05) is 6.07 Å². The van der Waals surface area contributed by atoms with Gasteiger partial charge in [-0.05, 0) is 30.3 Å². The first-order chi connectivity index (χ1) is 7.65. The summed E-state index contributed by atoms with van der Waals surface area (Å²) >= 11 is 0. The quantitative estimate of drug-likeness (QED) is 0.786. The van der Waals surface area contributed by atoms with E-state index in [1.165, 1.54) is 18.2 Å². The second kappa shape index (κ2) is 4.10. The van der Waals surface area contributed by atoms with E-state index in [2.05, 4.69) is 4.98 Å². The number of rotatable bonds is 2. The number of carbonyl (C=O) groups is 1. The minimum Gasteiger partial charge on any atom is -0.478 e. The first-order valence-corrected chi connectivity index (χ1v) is 4.62. The van der Waals surface area contributed by atoms with Crippen molar-refractivity contribution in [3.8, 4) is 0 Å².